The molecule has 1 fully saturated rings. The van der Waals surface area contributed by atoms with Crippen molar-refractivity contribution in [3.05, 3.63) is 29.3 Å². The van der Waals surface area contributed by atoms with Crippen LogP contribution in [0.5, 0.6) is 0 Å². The molecule has 0 saturated carbocycles. The molecule has 1 saturated heterocycles. The van der Waals surface area contributed by atoms with Crippen LogP contribution in [-0.2, 0) is 12.0 Å². The van der Waals surface area contributed by atoms with Gasteiger partial charge in [-0.15, -0.1) is 0 Å². The summed E-state index contributed by atoms with van der Waals surface area (Å²) >= 11 is 0. The van der Waals surface area contributed by atoms with E-state index in [4.69, 9.17) is 0 Å². The van der Waals surface area contributed by atoms with E-state index in [0.717, 1.165) is 31.7 Å². The standard InChI is InChI=1S/C16H24N2O/c1-2-9-18-12-16(5-7-17-8-6-16)14-10-13(11-19)3-4-15(14)18/h3-4,10,17,19H,2,5-9,11-12H2,1H3. The number of hydrogen-bond acceptors (Lipinski definition) is 3. The Morgan fingerprint density at radius 3 is 2.79 bits per heavy atom. The van der Waals surface area contributed by atoms with Crippen molar-refractivity contribution in [2.24, 2.45) is 0 Å². The molecule has 1 spiro atoms. The van der Waals surface area contributed by atoms with E-state index in [9.17, 15) is 5.11 Å². The molecule has 0 bridgehead atoms. The average Bonchev–Trinajstić information content (AvgIpc) is 2.74. The van der Waals surface area contributed by atoms with E-state index in [1.54, 1.807) is 0 Å². The van der Waals surface area contributed by atoms with Gasteiger partial charge in [-0.2, -0.15) is 0 Å². The van der Waals surface area contributed by atoms with Crippen molar-refractivity contribution in [3.8, 4) is 0 Å². The first-order chi connectivity index (χ1) is 9.29. The summed E-state index contributed by atoms with van der Waals surface area (Å²) in [6.45, 7) is 6.92. The summed E-state index contributed by atoms with van der Waals surface area (Å²) in [4.78, 5) is 2.54. The first-order valence-electron chi connectivity index (χ1n) is 7.49. The summed E-state index contributed by atoms with van der Waals surface area (Å²) in [7, 11) is 0. The zero-order valence-electron chi connectivity index (χ0n) is 11.8. The molecule has 0 amide bonds. The number of anilines is 1. The lowest BCUT2D eigenvalue weighted by Crippen LogP contribution is -2.43. The molecule has 0 radical (unpaired) electrons. The normalized spacial score (nSPS) is 20.8. The quantitative estimate of drug-likeness (QED) is 0.873. The Labute approximate surface area is 115 Å². The van der Waals surface area contributed by atoms with E-state index in [1.807, 2.05) is 0 Å². The minimum atomic E-state index is 0.148. The molecule has 19 heavy (non-hydrogen) atoms. The fourth-order valence-electron chi connectivity index (χ4n) is 3.72. The van der Waals surface area contributed by atoms with Crippen LogP contribution in [-0.4, -0.2) is 31.3 Å². The minimum Gasteiger partial charge on any atom is -0.392 e. The minimum absolute atomic E-state index is 0.148. The highest BCUT2D eigenvalue weighted by atomic mass is 16.3. The molecule has 2 heterocycles. The molecule has 0 atom stereocenters. The molecule has 1 aromatic carbocycles. The van der Waals surface area contributed by atoms with E-state index in [2.05, 4.69) is 35.3 Å². The Balaban J connectivity index is 2.01. The number of nitrogens with zero attached hydrogens (tertiary/aromatic N) is 1. The highest BCUT2D eigenvalue weighted by Crippen LogP contribution is 2.46. The topological polar surface area (TPSA) is 35.5 Å². The van der Waals surface area contributed by atoms with Gasteiger partial charge < -0.3 is 15.3 Å². The van der Waals surface area contributed by atoms with Gasteiger partial charge in [-0.1, -0.05) is 19.1 Å². The summed E-state index contributed by atoms with van der Waals surface area (Å²) in [5.74, 6) is 0. The molecular formula is C16H24N2O. The van der Waals surface area contributed by atoms with Crippen molar-refractivity contribution in [2.45, 2.75) is 38.2 Å². The molecule has 0 unspecified atom stereocenters. The fourth-order valence-corrected chi connectivity index (χ4v) is 3.72. The van der Waals surface area contributed by atoms with Crippen LogP contribution in [0.15, 0.2) is 18.2 Å². The Morgan fingerprint density at radius 1 is 1.32 bits per heavy atom. The predicted molar refractivity (Wildman–Crippen MR) is 78.7 cm³/mol. The monoisotopic (exact) mass is 260 g/mol. The van der Waals surface area contributed by atoms with Crippen LogP contribution in [0.2, 0.25) is 0 Å². The van der Waals surface area contributed by atoms with Gasteiger partial charge in [-0.3, -0.25) is 0 Å². The van der Waals surface area contributed by atoms with Crippen LogP contribution in [0.25, 0.3) is 0 Å². The lowest BCUT2D eigenvalue weighted by atomic mass is 9.74. The molecule has 3 nitrogen and oxygen atoms in total. The molecule has 2 aliphatic heterocycles. The van der Waals surface area contributed by atoms with Crippen molar-refractivity contribution < 1.29 is 5.11 Å². The van der Waals surface area contributed by atoms with E-state index < -0.39 is 0 Å². The van der Waals surface area contributed by atoms with Gasteiger partial charge in [0.2, 0.25) is 0 Å². The van der Waals surface area contributed by atoms with E-state index in [-0.39, 0.29) is 6.61 Å². The average molecular weight is 260 g/mol. The van der Waals surface area contributed by atoms with Crippen LogP contribution in [0.3, 0.4) is 0 Å². The van der Waals surface area contributed by atoms with Crippen LogP contribution in [0.4, 0.5) is 5.69 Å². The van der Waals surface area contributed by atoms with Gasteiger partial charge in [0.15, 0.2) is 0 Å². The molecule has 3 heteroatoms. The summed E-state index contributed by atoms with van der Waals surface area (Å²) < 4.78 is 0. The maximum Gasteiger partial charge on any atom is 0.0681 e. The van der Waals surface area contributed by atoms with E-state index in [0.29, 0.717) is 5.41 Å². The summed E-state index contributed by atoms with van der Waals surface area (Å²) in [5.41, 5.74) is 4.26. The lowest BCUT2D eigenvalue weighted by Gasteiger charge is -2.35. The van der Waals surface area contributed by atoms with Gasteiger partial charge in [-0.05, 0) is 49.5 Å². The van der Waals surface area contributed by atoms with Gasteiger partial charge in [0, 0.05) is 24.2 Å². The predicted octanol–water partition coefficient (Wildman–Crippen LogP) is 2.03. The summed E-state index contributed by atoms with van der Waals surface area (Å²) in [6.07, 6.45) is 3.62. The summed E-state index contributed by atoms with van der Waals surface area (Å²) in [6, 6.07) is 6.53. The number of aliphatic hydroxyl groups is 1. The van der Waals surface area contributed by atoms with Crippen LogP contribution < -0.4 is 10.2 Å². The van der Waals surface area contributed by atoms with Crippen LogP contribution in [0, 0.1) is 0 Å². The summed E-state index contributed by atoms with van der Waals surface area (Å²) in [5, 5.41) is 12.9. The molecule has 3 rings (SSSR count). The second-order valence-corrected chi connectivity index (χ2v) is 5.96. The van der Waals surface area contributed by atoms with Crippen molar-refractivity contribution in [1.82, 2.24) is 5.32 Å². The lowest BCUT2D eigenvalue weighted by molar-refractivity contribution is 0.281. The number of benzene rings is 1. The number of hydrogen-bond donors (Lipinski definition) is 2. The van der Waals surface area contributed by atoms with Gasteiger partial charge in [0.25, 0.3) is 0 Å². The van der Waals surface area contributed by atoms with Crippen molar-refractivity contribution in [1.29, 1.82) is 0 Å². The molecule has 0 aliphatic carbocycles. The van der Waals surface area contributed by atoms with E-state index >= 15 is 0 Å². The van der Waals surface area contributed by atoms with Gasteiger partial charge in [-0.25, -0.2) is 0 Å². The maximum atomic E-state index is 9.40. The molecule has 0 aromatic heterocycles. The Bertz CT molecular complexity index is 452. The SMILES string of the molecule is CCCN1CC2(CCNCC2)c2cc(CO)ccc21. The molecule has 1 aromatic rings. The van der Waals surface area contributed by atoms with E-state index in [1.165, 1.54) is 30.5 Å². The van der Waals surface area contributed by atoms with Gasteiger partial charge in [0.05, 0.1) is 6.61 Å². The molecule has 2 aliphatic rings. The van der Waals surface area contributed by atoms with Gasteiger partial charge >= 0.3 is 0 Å². The number of aliphatic hydroxyl groups excluding tert-OH is 1. The third kappa shape index (κ3) is 2.15. The first kappa shape index (κ1) is 12.9. The van der Waals surface area contributed by atoms with Crippen molar-refractivity contribution in [3.63, 3.8) is 0 Å². The zero-order chi connectivity index (χ0) is 13.3. The van der Waals surface area contributed by atoms with Crippen molar-refractivity contribution >= 4 is 5.69 Å². The van der Waals surface area contributed by atoms with Crippen LogP contribution in [0.1, 0.15) is 37.3 Å². The Morgan fingerprint density at radius 2 is 2.11 bits per heavy atom. The largest absolute Gasteiger partial charge is 0.392 e. The second-order valence-electron chi connectivity index (χ2n) is 5.96. The number of rotatable bonds is 3. The van der Waals surface area contributed by atoms with Crippen LogP contribution >= 0.6 is 0 Å². The number of fused-ring (bicyclic) bond motifs is 2. The smallest absolute Gasteiger partial charge is 0.0681 e. The third-order valence-electron chi connectivity index (χ3n) is 4.70. The molecular weight excluding hydrogens is 236 g/mol. The Kier molecular flexibility index (Phi) is 3.50. The van der Waals surface area contributed by atoms with Crippen molar-refractivity contribution in [2.75, 3.05) is 31.1 Å². The highest BCUT2D eigenvalue weighted by Gasteiger charge is 2.42. The number of piperidine rings is 1. The second kappa shape index (κ2) is 5.14. The highest BCUT2D eigenvalue weighted by molar-refractivity contribution is 5.64. The first-order valence-corrected chi connectivity index (χ1v) is 7.49. The molecule has 2 N–H and O–H groups in total. The fraction of sp³-hybridized carbons (Fsp3) is 0.625. The third-order valence-corrected chi connectivity index (χ3v) is 4.70. The maximum absolute atomic E-state index is 9.40. The zero-order valence-corrected chi connectivity index (χ0v) is 11.8. The number of nitrogens with one attached hydrogen (secondary N) is 1. The molecule has 104 valence electrons. The van der Waals surface area contributed by atoms with Gasteiger partial charge in [0.1, 0.15) is 0 Å². The Hall–Kier alpha value is -1.06.